The van der Waals surface area contributed by atoms with Crippen LogP contribution in [0.15, 0.2) is 50.1 Å². The molecule has 0 aliphatic carbocycles. The first kappa shape index (κ1) is 67.4. The number of carbonyl (C=O) groups is 13. The van der Waals surface area contributed by atoms with E-state index in [1.54, 1.807) is 27.7 Å². The van der Waals surface area contributed by atoms with E-state index in [9.17, 15) is 72.5 Å². The molecule has 20 N–H and O–H groups in total. The molecule has 0 aliphatic heterocycles. The molecular weight excluding hydrogens is 1120 g/mol. The van der Waals surface area contributed by atoms with Gasteiger partial charge in [-0.3, -0.25) is 57.5 Å². The summed E-state index contributed by atoms with van der Waals surface area (Å²) in [5.74, 6) is -14.0. The number of nitrogens with one attached hydrogen (secondary N) is 14. The van der Waals surface area contributed by atoms with E-state index in [1.807, 2.05) is 0 Å². The average Bonchev–Trinajstić information content (AvgIpc) is 4.37. The van der Waals surface area contributed by atoms with Gasteiger partial charge in [-0.2, -0.15) is 0 Å². The number of hydrogen-bond donors (Lipinski definition) is 18. The smallest absolute Gasteiger partial charge is 0.326 e. The number of aromatic amines is 4. The SMILES string of the molecule is CC(C)C[C@H](NC(=O)[C@@H](NC(=O)[C@H](Cc1cnc[nH]1)NC(=O)CNC(=O)CNC(=O)[C@H](CCC(N)=O)NC(=O)[C@@H](N)Cc1cnc[nH]1)C(C)C)C(=O)N[C@@H](CC(=O)O)C(=O)N[C@@H](Cc1cnc[nH]1)C(=O)NCC(=O)N[C@@H](Cc1cnc[nH]1)C(=O)O. The molecule has 11 amide bonds. The zero-order valence-corrected chi connectivity index (χ0v) is 46.8. The highest BCUT2D eigenvalue weighted by molar-refractivity contribution is 5.99. The van der Waals surface area contributed by atoms with E-state index in [4.69, 9.17) is 11.5 Å². The van der Waals surface area contributed by atoms with E-state index < -0.39 is 157 Å². The second-order valence-corrected chi connectivity index (χ2v) is 20.2. The van der Waals surface area contributed by atoms with Crippen molar-refractivity contribution in [2.75, 3.05) is 19.6 Å². The highest BCUT2D eigenvalue weighted by atomic mass is 16.4. The van der Waals surface area contributed by atoms with Crippen LogP contribution in [0.4, 0.5) is 0 Å². The van der Waals surface area contributed by atoms with Gasteiger partial charge in [0.1, 0.15) is 42.3 Å². The Labute approximate surface area is 484 Å². The molecule has 0 unspecified atom stereocenters. The number of amides is 11. The molecule has 35 heteroatoms. The summed E-state index contributed by atoms with van der Waals surface area (Å²) in [5.41, 5.74) is 12.8. The lowest BCUT2D eigenvalue weighted by molar-refractivity contribution is -0.141. The largest absolute Gasteiger partial charge is 0.481 e. The lowest BCUT2D eigenvalue weighted by Crippen LogP contribution is -2.61. The fourth-order valence-electron chi connectivity index (χ4n) is 8.02. The fourth-order valence-corrected chi connectivity index (χ4v) is 8.02. The van der Waals surface area contributed by atoms with Crippen LogP contribution in [0.2, 0.25) is 0 Å². The summed E-state index contributed by atoms with van der Waals surface area (Å²) in [6, 6.07) is -11.6. The highest BCUT2D eigenvalue weighted by Gasteiger charge is 2.36. The minimum Gasteiger partial charge on any atom is -0.481 e. The monoisotopic (exact) mass is 1190 g/mol. The summed E-state index contributed by atoms with van der Waals surface area (Å²) >= 11 is 0. The van der Waals surface area contributed by atoms with E-state index in [-0.39, 0.29) is 50.9 Å². The summed E-state index contributed by atoms with van der Waals surface area (Å²) in [4.78, 5) is 197. The third-order valence-electron chi connectivity index (χ3n) is 12.4. The van der Waals surface area contributed by atoms with Crippen molar-refractivity contribution in [1.29, 1.82) is 0 Å². The Morgan fingerprint density at radius 3 is 1.35 bits per heavy atom. The van der Waals surface area contributed by atoms with Crippen LogP contribution in [0, 0.1) is 11.8 Å². The zero-order valence-electron chi connectivity index (χ0n) is 46.8. The van der Waals surface area contributed by atoms with Gasteiger partial charge in [0.25, 0.3) is 0 Å². The average molecular weight is 1190 g/mol. The molecule has 8 atom stereocenters. The number of carboxylic acids is 2. The molecule has 4 rings (SSSR count). The fraction of sp³-hybridized carbons (Fsp3) is 0.500. The summed E-state index contributed by atoms with van der Waals surface area (Å²) < 4.78 is 0. The Morgan fingerprint density at radius 2 is 0.882 bits per heavy atom. The highest BCUT2D eigenvalue weighted by Crippen LogP contribution is 2.11. The van der Waals surface area contributed by atoms with Crippen molar-refractivity contribution in [3.63, 3.8) is 0 Å². The lowest BCUT2D eigenvalue weighted by Gasteiger charge is -2.29. The Kier molecular flexibility index (Phi) is 26.8. The molecule has 0 saturated heterocycles. The summed E-state index contributed by atoms with van der Waals surface area (Å²) in [7, 11) is 0. The molecule has 4 aromatic rings. The van der Waals surface area contributed by atoms with Crippen LogP contribution in [0.1, 0.15) is 76.2 Å². The molecule has 0 bridgehead atoms. The maximum atomic E-state index is 14.1. The van der Waals surface area contributed by atoms with Crippen molar-refractivity contribution in [3.05, 3.63) is 72.9 Å². The topological polar surface area (TPSA) is 549 Å². The summed E-state index contributed by atoms with van der Waals surface area (Å²) in [5, 5.41) is 43.5. The predicted molar refractivity (Wildman–Crippen MR) is 292 cm³/mol. The van der Waals surface area contributed by atoms with E-state index in [1.165, 1.54) is 50.1 Å². The Hall–Kier alpha value is -10.1. The lowest BCUT2D eigenvalue weighted by atomic mass is 9.99. The van der Waals surface area contributed by atoms with Crippen LogP contribution >= 0.6 is 0 Å². The number of carbonyl (C=O) groups excluding carboxylic acids is 11. The van der Waals surface area contributed by atoms with Gasteiger partial charge >= 0.3 is 11.9 Å². The summed E-state index contributed by atoms with van der Waals surface area (Å²) in [6.45, 7) is 4.35. The molecular formula is C50H72N20O15. The van der Waals surface area contributed by atoms with Gasteiger partial charge in [0.05, 0.1) is 57.4 Å². The first-order chi connectivity index (χ1) is 40.3. The van der Waals surface area contributed by atoms with Crippen LogP contribution < -0.4 is 64.6 Å². The quantitative estimate of drug-likeness (QED) is 0.0200. The van der Waals surface area contributed by atoms with E-state index in [2.05, 4.69) is 93.0 Å². The van der Waals surface area contributed by atoms with Gasteiger partial charge in [-0.15, -0.1) is 0 Å². The minimum atomic E-state index is -1.87. The molecule has 4 heterocycles. The third-order valence-corrected chi connectivity index (χ3v) is 12.4. The van der Waals surface area contributed by atoms with Crippen molar-refractivity contribution < 1.29 is 72.5 Å². The number of hydrogen-bond acceptors (Lipinski definition) is 18. The number of carboxylic acid groups (broad SMARTS) is 2. The minimum absolute atomic E-state index is 0.0383. The molecule has 0 saturated carbocycles. The number of H-pyrrole nitrogens is 4. The maximum absolute atomic E-state index is 14.1. The molecule has 0 aromatic carbocycles. The van der Waals surface area contributed by atoms with Gasteiger partial charge in [-0.1, -0.05) is 27.7 Å². The van der Waals surface area contributed by atoms with Crippen LogP contribution in [0.3, 0.4) is 0 Å². The third kappa shape index (κ3) is 24.1. The second kappa shape index (κ2) is 33.7. The Morgan fingerprint density at radius 1 is 0.471 bits per heavy atom. The predicted octanol–water partition coefficient (Wildman–Crippen LogP) is -6.55. The van der Waals surface area contributed by atoms with Crippen molar-refractivity contribution in [1.82, 2.24) is 93.0 Å². The van der Waals surface area contributed by atoms with Crippen molar-refractivity contribution in [2.45, 2.75) is 127 Å². The number of imidazole rings is 4. The molecule has 0 spiro atoms. The van der Waals surface area contributed by atoms with Crippen LogP contribution in [0.25, 0.3) is 0 Å². The molecule has 85 heavy (non-hydrogen) atoms. The second-order valence-electron chi connectivity index (χ2n) is 20.2. The van der Waals surface area contributed by atoms with Gasteiger partial charge in [-0.25, -0.2) is 24.7 Å². The van der Waals surface area contributed by atoms with Crippen LogP contribution in [0.5, 0.6) is 0 Å². The molecule has 4 aromatic heterocycles. The number of aliphatic carboxylic acids is 2. The molecule has 0 radical (unpaired) electrons. The first-order valence-corrected chi connectivity index (χ1v) is 26.6. The number of primary amides is 1. The Balaban J connectivity index is 1.40. The number of aromatic nitrogens is 8. The van der Waals surface area contributed by atoms with Gasteiger partial charge in [0.15, 0.2) is 0 Å². The molecule has 35 nitrogen and oxygen atoms in total. The van der Waals surface area contributed by atoms with Crippen LogP contribution in [-0.2, 0) is 88.0 Å². The first-order valence-electron chi connectivity index (χ1n) is 26.6. The molecule has 0 aliphatic rings. The van der Waals surface area contributed by atoms with E-state index in [0.29, 0.717) is 22.8 Å². The van der Waals surface area contributed by atoms with E-state index >= 15 is 0 Å². The van der Waals surface area contributed by atoms with Crippen molar-refractivity contribution >= 4 is 76.9 Å². The molecule has 462 valence electrons. The standard InChI is InChI=1S/C50H72N20O15/c1-24(2)7-32(46(80)68-35(12-41(75)76)47(81)67-33(9-27-14-54-21-61-27)45(79)59-19-40(74)65-36(50(84)85)11-29-16-56-23-63-29)69-49(83)42(25(3)4)70-48(82)34(10-28-15-55-22-62-28)64-39(73)18-57-38(72)17-58-44(78)31(5-6-37(52)71)66-43(77)30(51)8-26-13-53-20-60-26/h13-16,20-25,30-36,42H,5-12,17-19,51H2,1-4H3,(H2,52,71)(H,53,60)(H,54,61)(H,55,62)(H,56,63)(H,57,72)(H,58,78)(H,59,79)(H,64,73)(H,65,74)(H,66,77)(H,67,81)(H,68,80)(H,69,83)(H,70,82)(H,75,76)(H,84,85)/t30-,31-,32-,33-,34-,35-,36-,42-/m0/s1. The van der Waals surface area contributed by atoms with E-state index in [0.717, 1.165) is 0 Å². The van der Waals surface area contributed by atoms with Crippen molar-refractivity contribution in [3.8, 4) is 0 Å². The number of rotatable bonds is 37. The van der Waals surface area contributed by atoms with Gasteiger partial charge in [0.2, 0.25) is 65.0 Å². The van der Waals surface area contributed by atoms with Gasteiger partial charge in [0, 0.05) is 79.7 Å². The van der Waals surface area contributed by atoms with Crippen LogP contribution in [-0.4, -0.2) is 195 Å². The normalized spacial score (nSPS) is 13.9. The summed E-state index contributed by atoms with van der Waals surface area (Å²) in [6.07, 6.45) is 8.51. The number of nitrogens with two attached hydrogens (primary N) is 2. The zero-order chi connectivity index (χ0) is 62.8. The Bertz CT molecular complexity index is 2900. The number of nitrogens with zero attached hydrogens (tertiary/aromatic N) is 4. The maximum Gasteiger partial charge on any atom is 0.326 e. The van der Waals surface area contributed by atoms with Gasteiger partial charge < -0.3 is 94.8 Å². The van der Waals surface area contributed by atoms with Crippen molar-refractivity contribution in [2.24, 2.45) is 23.3 Å². The van der Waals surface area contributed by atoms with Gasteiger partial charge in [-0.05, 0) is 24.7 Å². The molecule has 0 fully saturated rings.